The number of carbonyl (C=O) groups excluding carboxylic acids is 1. The highest BCUT2D eigenvalue weighted by molar-refractivity contribution is 5.93. The standard InChI is InChI=1S/C11H14N2O3/c14-11(9-4-6-12-7-5-9)13-16-10-3-1-2-8-15-10/h4-7,10H,1-3,8H2,(H,13,14)/t10-/m0/s1. The van der Waals surface area contributed by atoms with Crippen molar-refractivity contribution in [1.29, 1.82) is 0 Å². The summed E-state index contributed by atoms with van der Waals surface area (Å²) in [7, 11) is 0. The van der Waals surface area contributed by atoms with Gasteiger partial charge in [-0.3, -0.25) is 9.78 Å². The van der Waals surface area contributed by atoms with Crippen molar-refractivity contribution >= 4 is 5.91 Å². The zero-order valence-corrected chi connectivity index (χ0v) is 8.89. The summed E-state index contributed by atoms with van der Waals surface area (Å²) in [6.07, 6.45) is 5.74. The predicted octanol–water partition coefficient (Wildman–Crippen LogP) is 1.27. The van der Waals surface area contributed by atoms with E-state index >= 15 is 0 Å². The Kier molecular flexibility index (Phi) is 3.85. The van der Waals surface area contributed by atoms with Gasteiger partial charge in [-0.2, -0.15) is 0 Å². The first-order chi connectivity index (χ1) is 7.86. The molecule has 1 saturated heterocycles. The highest BCUT2D eigenvalue weighted by atomic mass is 16.8. The fourth-order valence-electron chi connectivity index (χ4n) is 1.49. The largest absolute Gasteiger partial charge is 0.350 e. The van der Waals surface area contributed by atoms with Gasteiger partial charge in [0.25, 0.3) is 5.91 Å². The Bertz CT molecular complexity index is 336. The van der Waals surface area contributed by atoms with E-state index in [9.17, 15) is 4.79 Å². The third-order valence-corrected chi connectivity index (χ3v) is 2.36. The maximum atomic E-state index is 11.6. The normalized spacial score (nSPS) is 20.4. The molecule has 1 aromatic heterocycles. The number of pyridine rings is 1. The Labute approximate surface area is 93.7 Å². The smallest absolute Gasteiger partial charge is 0.275 e. The van der Waals surface area contributed by atoms with Crippen molar-refractivity contribution in [2.24, 2.45) is 0 Å². The second-order valence-corrected chi connectivity index (χ2v) is 3.58. The van der Waals surface area contributed by atoms with E-state index in [-0.39, 0.29) is 12.2 Å². The summed E-state index contributed by atoms with van der Waals surface area (Å²) >= 11 is 0. The second kappa shape index (κ2) is 5.58. The van der Waals surface area contributed by atoms with Crippen molar-refractivity contribution in [1.82, 2.24) is 10.5 Å². The van der Waals surface area contributed by atoms with E-state index in [2.05, 4.69) is 10.5 Å². The molecule has 1 aromatic rings. The Morgan fingerprint density at radius 2 is 2.25 bits per heavy atom. The highest BCUT2D eigenvalue weighted by Gasteiger charge is 2.15. The molecule has 86 valence electrons. The second-order valence-electron chi connectivity index (χ2n) is 3.58. The fourth-order valence-corrected chi connectivity index (χ4v) is 1.49. The molecule has 0 spiro atoms. The van der Waals surface area contributed by atoms with Gasteiger partial charge in [-0.1, -0.05) is 0 Å². The maximum Gasteiger partial charge on any atom is 0.275 e. The van der Waals surface area contributed by atoms with Crippen molar-refractivity contribution in [2.45, 2.75) is 25.6 Å². The van der Waals surface area contributed by atoms with Gasteiger partial charge >= 0.3 is 0 Å². The summed E-state index contributed by atoms with van der Waals surface area (Å²) in [5, 5.41) is 0. The topological polar surface area (TPSA) is 60.5 Å². The zero-order valence-electron chi connectivity index (χ0n) is 8.89. The lowest BCUT2D eigenvalue weighted by Crippen LogP contribution is -2.33. The fraction of sp³-hybridized carbons (Fsp3) is 0.455. The van der Waals surface area contributed by atoms with Crippen LogP contribution in [0.15, 0.2) is 24.5 Å². The van der Waals surface area contributed by atoms with Crippen LogP contribution >= 0.6 is 0 Å². The molecule has 1 amide bonds. The van der Waals surface area contributed by atoms with Crippen LogP contribution in [0.1, 0.15) is 29.6 Å². The number of amides is 1. The number of aromatic nitrogens is 1. The molecule has 1 atom stereocenters. The molecule has 0 bridgehead atoms. The van der Waals surface area contributed by atoms with E-state index in [4.69, 9.17) is 9.57 Å². The summed E-state index contributed by atoms with van der Waals surface area (Å²) in [6.45, 7) is 0.690. The molecule has 1 fully saturated rings. The van der Waals surface area contributed by atoms with E-state index in [0.29, 0.717) is 12.2 Å². The van der Waals surface area contributed by atoms with Crippen LogP contribution in [0.3, 0.4) is 0 Å². The molecule has 2 rings (SSSR count). The number of nitrogens with zero attached hydrogens (tertiary/aromatic N) is 1. The SMILES string of the molecule is O=C(NO[C@H]1CCCCO1)c1ccncc1. The lowest BCUT2D eigenvalue weighted by Gasteiger charge is -2.22. The molecule has 0 unspecified atom stereocenters. The maximum absolute atomic E-state index is 11.6. The van der Waals surface area contributed by atoms with Gasteiger partial charge in [-0.15, -0.1) is 0 Å². The van der Waals surface area contributed by atoms with Crippen molar-refractivity contribution in [3.05, 3.63) is 30.1 Å². The molecule has 1 aliphatic heterocycles. The summed E-state index contributed by atoms with van der Waals surface area (Å²) in [6, 6.07) is 3.25. The van der Waals surface area contributed by atoms with Gasteiger partial charge in [0.1, 0.15) is 0 Å². The van der Waals surface area contributed by atoms with E-state index < -0.39 is 0 Å². The molecule has 1 N–H and O–H groups in total. The highest BCUT2D eigenvalue weighted by Crippen LogP contribution is 2.12. The molecular weight excluding hydrogens is 208 g/mol. The molecule has 0 saturated carbocycles. The van der Waals surface area contributed by atoms with E-state index in [1.807, 2.05) is 0 Å². The quantitative estimate of drug-likeness (QED) is 0.782. The van der Waals surface area contributed by atoms with Gasteiger partial charge in [-0.05, 0) is 25.0 Å². The molecule has 16 heavy (non-hydrogen) atoms. The average Bonchev–Trinajstić information content (AvgIpc) is 2.38. The van der Waals surface area contributed by atoms with E-state index in [1.165, 1.54) is 0 Å². The zero-order chi connectivity index (χ0) is 11.2. The summed E-state index contributed by atoms with van der Waals surface area (Å²) < 4.78 is 5.31. The number of nitrogens with one attached hydrogen (secondary N) is 1. The van der Waals surface area contributed by atoms with Crippen LogP contribution in [0, 0.1) is 0 Å². The van der Waals surface area contributed by atoms with Gasteiger partial charge in [0, 0.05) is 31.0 Å². The Balaban J connectivity index is 1.79. The van der Waals surface area contributed by atoms with Crippen LogP contribution in [-0.2, 0) is 9.57 Å². The summed E-state index contributed by atoms with van der Waals surface area (Å²) in [5.74, 6) is -0.281. The number of rotatable bonds is 3. The van der Waals surface area contributed by atoms with Gasteiger partial charge in [-0.25, -0.2) is 10.3 Å². The van der Waals surface area contributed by atoms with Crippen LogP contribution in [0.2, 0.25) is 0 Å². The molecule has 0 aromatic carbocycles. The molecular formula is C11H14N2O3. The molecule has 1 aliphatic rings. The first-order valence-corrected chi connectivity index (χ1v) is 5.34. The van der Waals surface area contributed by atoms with Crippen molar-refractivity contribution in [3.63, 3.8) is 0 Å². The number of ether oxygens (including phenoxy) is 1. The van der Waals surface area contributed by atoms with Crippen molar-refractivity contribution in [2.75, 3.05) is 6.61 Å². The average molecular weight is 222 g/mol. The van der Waals surface area contributed by atoms with Gasteiger partial charge < -0.3 is 4.74 Å². The third kappa shape index (κ3) is 3.01. The van der Waals surface area contributed by atoms with Crippen LogP contribution in [0.5, 0.6) is 0 Å². The number of hydroxylamine groups is 1. The Hall–Kier alpha value is -1.46. The van der Waals surface area contributed by atoms with E-state index in [0.717, 1.165) is 19.3 Å². The van der Waals surface area contributed by atoms with Gasteiger partial charge in [0.05, 0.1) is 0 Å². The van der Waals surface area contributed by atoms with Gasteiger partial charge in [0.2, 0.25) is 0 Å². The minimum Gasteiger partial charge on any atom is -0.350 e. The predicted molar refractivity (Wildman–Crippen MR) is 56.4 cm³/mol. The number of hydrogen-bond acceptors (Lipinski definition) is 4. The minimum atomic E-state index is -0.320. The lowest BCUT2D eigenvalue weighted by atomic mass is 10.2. The molecule has 2 heterocycles. The molecule has 0 radical (unpaired) electrons. The number of hydrogen-bond donors (Lipinski definition) is 1. The van der Waals surface area contributed by atoms with Crippen molar-refractivity contribution < 1.29 is 14.4 Å². The molecule has 5 heteroatoms. The number of carbonyl (C=O) groups is 1. The third-order valence-electron chi connectivity index (χ3n) is 2.36. The van der Waals surface area contributed by atoms with Crippen LogP contribution in [0.4, 0.5) is 0 Å². The summed E-state index contributed by atoms with van der Waals surface area (Å²) in [5.41, 5.74) is 2.90. The van der Waals surface area contributed by atoms with Crippen molar-refractivity contribution in [3.8, 4) is 0 Å². The van der Waals surface area contributed by atoms with Gasteiger partial charge in [0.15, 0.2) is 6.29 Å². The molecule has 0 aliphatic carbocycles. The van der Waals surface area contributed by atoms with Crippen LogP contribution < -0.4 is 5.48 Å². The minimum absolute atomic E-state index is 0.281. The first-order valence-electron chi connectivity index (χ1n) is 5.34. The monoisotopic (exact) mass is 222 g/mol. The Morgan fingerprint density at radius 1 is 1.44 bits per heavy atom. The Morgan fingerprint density at radius 3 is 2.94 bits per heavy atom. The lowest BCUT2D eigenvalue weighted by molar-refractivity contribution is -0.186. The van der Waals surface area contributed by atoms with E-state index in [1.54, 1.807) is 24.5 Å². The van der Waals surface area contributed by atoms with Crippen LogP contribution in [-0.4, -0.2) is 23.8 Å². The first kappa shape index (κ1) is 11.0. The summed E-state index contributed by atoms with van der Waals surface area (Å²) in [4.78, 5) is 20.6. The molecule has 5 nitrogen and oxygen atoms in total. The van der Waals surface area contributed by atoms with Crippen LogP contribution in [0.25, 0.3) is 0 Å².